The molecule has 0 unspecified atom stereocenters. The zero-order chi connectivity index (χ0) is 12.1. The lowest BCUT2D eigenvalue weighted by Gasteiger charge is -2.15. The lowest BCUT2D eigenvalue weighted by atomic mass is 10.4. The molecule has 0 spiro atoms. The number of nitrogens with one attached hydrogen (secondary N) is 2. The summed E-state index contributed by atoms with van der Waals surface area (Å²) in [6, 6.07) is 3.33. The normalized spacial score (nSPS) is 14.6. The Morgan fingerprint density at radius 1 is 1.59 bits per heavy atom. The van der Waals surface area contributed by atoms with Crippen LogP contribution in [-0.4, -0.2) is 50.0 Å². The molecule has 1 aliphatic rings. The molecule has 2 rings (SSSR count). The quantitative estimate of drug-likeness (QED) is 0.716. The van der Waals surface area contributed by atoms with E-state index < -0.39 is 0 Å². The van der Waals surface area contributed by atoms with E-state index in [9.17, 15) is 4.79 Å². The molecule has 0 fully saturated rings. The van der Waals surface area contributed by atoms with Crippen molar-refractivity contribution in [2.75, 3.05) is 33.2 Å². The largest absolute Gasteiger partial charge is 0.459 e. The third kappa shape index (κ3) is 2.99. The summed E-state index contributed by atoms with van der Waals surface area (Å²) in [7, 11) is 1.99. The molecule has 1 amide bonds. The van der Waals surface area contributed by atoms with Crippen molar-refractivity contribution in [2.45, 2.75) is 0 Å². The summed E-state index contributed by atoms with van der Waals surface area (Å²) in [5, 5.41) is 5.92. The van der Waals surface area contributed by atoms with Crippen molar-refractivity contribution in [2.24, 2.45) is 4.99 Å². The summed E-state index contributed by atoms with van der Waals surface area (Å²) in [6.45, 7) is 2.96. The molecule has 1 aliphatic heterocycles. The number of likely N-dealkylation sites (N-methyl/N-ethyl adjacent to an activating group) is 1. The summed E-state index contributed by atoms with van der Waals surface area (Å²) < 4.78 is 4.98. The first-order chi connectivity index (χ1) is 8.27. The van der Waals surface area contributed by atoms with Gasteiger partial charge in [0.25, 0.3) is 5.91 Å². The van der Waals surface area contributed by atoms with Crippen LogP contribution in [0.2, 0.25) is 0 Å². The molecule has 6 nitrogen and oxygen atoms in total. The fourth-order valence-corrected chi connectivity index (χ4v) is 1.57. The van der Waals surface area contributed by atoms with Crippen molar-refractivity contribution in [3.05, 3.63) is 24.2 Å². The van der Waals surface area contributed by atoms with Gasteiger partial charge in [0.2, 0.25) is 0 Å². The van der Waals surface area contributed by atoms with Crippen LogP contribution in [0.15, 0.2) is 27.8 Å². The number of nitrogens with zero attached hydrogens (tertiary/aromatic N) is 2. The van der Waals surface area contributed by atoms with E-state index in [2.05, 4.69) is 15.6 Å². The molecule has 1 aromatic rings. The second kappa shape index (κ2) is 5.38. The highest BCUT2D eigenvalue weighted by molar-refractivity contribution is 5.91. The Labute approximate surface area is 99.7 Å². The fourth-order valence-electron chi connectivity index (χ4n) is 1.57. The molecule has 2 N–H and O–H groups in total. The number of aliphatic imine (C=N–C) groups is 1. The fraction of sp³-hybridized carbons (Fsp3) is 0.455. The number of furan rings is 1. The van der Waals surface area contributed by atoms with Gasteiger partial charge in [-0.05, 0) is 12.1 Å². The molecule has 2 heterocycles. The Bertz CT molecular complexity index is 400. The number of guanidine groups is 1. The van der Waals surface area contributed by atoms with Crippen LogP contribution < -0.4 is 10.6 Å². The minimum Gasteiger partial charge on any atom is -0.459 e. The van der Waals surface area contributed by atoms with E-state index in [1.54, 1.807) is 12.1 Å². The van der Waals surface area contributed by atoms with Gasteiger partial charge in [-0.25, -0.2) is 0 Å². The van der Waals surface area contributed by atoms with Crippen LogP contribution in [0, 0.1) is 0 Å². The predicted molar refractivity (Wildman–Crippen MR) is 64.0 cm³/mol. The summed E-state index contributed by atoms with van der Waals surface area (Å²) in [5.74, 6) is 1.02. The summed E-state index contributed by atoms with van der Waals surface area (Å²) in [5.41, 5.74) is 0. The van der Waals surface area contributed by atoms with Crippen LogP contribution in [0.1, 0.15) is 10.6 Å². The van der Waals surface area contributed by atoms with Crippen LogP contribution in [-0.2, 0) is 0 Å². The Balaban J connectivity index is 1.65. The van der Waals surface area contributed by atoms with Gasteiger partial charge >= 0.3 is 0 Å². The number of carbonyl (C=O) groups is 1. The first-order valence-corrected chi connectivity index (χ1v) is 5.58. The number of hydrogen-bond donors (Lipinski definition) is 2. The molecule has 17 heavy (non-hydrogen) atoms. The second-order valence-corrected chi connectivity index (χ2v) is 3.79. The van der Waals surface area contributed by atoms with Crippen molar-refractivity contribution in [1.29, 1.82) is 0 Å². The van der Waals surface area contributed by atoms with Crippen molar-refractivity contribution in [1.82, 2.24) is 15.5 Å². The Kier molecular flexibility index (Phi) is 3.64. The highest BCUT2D eigenvalue weighted by Gasteiger charge is 2.11. The van der Waals surface area contributed by atoms with Crippen molar-refractivity contribution >= 4 is 11.9 Å². The first-order valence-electron chi connectivity index (χ1n) is 5.58. The van der Waals surface area contributed by atoms with Gasteiger partial charge in [-0.3, -0.25) is 9.79 Å². The van der Waals surface area contributed by atoms with Gasteiger partial charge in [-0.15, -0.1) is 0 Å². The molecule has 0 aromatic carbocycles. The number of rotatable bonds is 4. The van der Waals surface area contributed by atoms with E-state index in [1.807, 2.05) is 11.9 Å². The summed E-state index contributed by atoms with van der Waals surface area (Å²) in [6.07, 6.45) is 1.48. The summed E-state index contributed by atoms with van der Waals surface area (Å²) in [4.78, 5) is 17.8. The van der Waals surface area contributed by atoms with E-state index >= 15 is 0 Å². The SMILES string of the molecule is CN1CCN=C1NCCNC(=O)c1ccco1. The van der Waals surface area contributed by atoms with Crippen molar-refractivity contribution in [3.63, 3.8) is 0 Å². The maximum atomic E-state index is 11.5. The average molecular weight is 236 g/mol. The summed E-state index contributed by atoms with van der Waals surface area (Å²) >= 11 is 0. The molecule has 92 valence electrons. The number of amides is 1. The van der Waals surface area contributed by atoms with Crippen LogP contribution in [0.3, 0.4) is 0 Å². The van der Waals surface area contributed by atoms with Gasteiger partial charge in [0, 0.05) is 26.7 Å². The lowest BCUT2D eigenvalue weighted by Crippen LogP contribution is -2.40. The van der Waals surface area contributed by atoms with E-state index in [-0.39, 0.29) is 5.91 Å². The molecule has 0 saturated heterocycles. The smallest absolute Gasteiger partial charge is 0.287 e. The molecule has 0 aliphatic carbocycles. The van der Waals surface area contributed by atoms with E-state index in [0.717, 1.165) is 19.0 Å². The topological polar surface area (TPSA) is 69.9 Å². The predicted octanol–water partition coefficient (Wildman–Crippen LogP) is -0.0996. The number of hydrogen-bond acceptors (Lipinski definition) is 5. The van der Waals surface area contributed by atoms with Crippen LogP contribution in [0.25, 0.3) is 0 Å². The lowest BCUT2D eigenvalue weighted by molar-refractivity contribution is 0.0926. The minimum atomic E-state index is -0.196. The van der Waals surface area contributed by atoms with Gasteiger partial charge in [0.15, 0.2) is 11.7 Å². The van der Waals surface area contributed by atoms with Gasteiger partial charge in [-0.2, -0.15) is 0 Å². The Morgan fingerprint density at radius 2 is 2.47 bits per heavy atom. The highest BCUT2D eigenvalue weighted by atomic mass is 16.3. The molecular weight excluding hydrogens is 220 g/mol. The molecule has 1 aromatic heterocycles. The zero-order valence-electron chi connectivity index (χ0n) is 9.77. The zero-order valence-corrected chi connectivity index (χ0v) is 9.77. The minimum absolute atomic E-state index is 0.196. The second-order valence-electron chi connectivity index (χ2n) is 3.79. The van der Waals surface area contributed by atoms with Crippen LogP contribution in [0.4, 0.5) is 0 Å². The van der Waals surface area contributed by atoms with Crippen LogP contribution in [0.5, 0.6) is 0 Å². The maximum absolute atomic E-state index is 11.5. The maximum Gasteiger partial charge on any atom is 0.287 e. The highest BCUT2D eigenvalue weighted by Crippen LogP contribution is 1.98. The van der Waals surface area contributed by atoms with Gasteiger partial charge in [0.05, 0.1) is 12.8 Å². The van der Waals surface area contributed by atoms with Crippen molar-refractivity contribution < 1.29 is 9.21 Å². The molecule has 6 heteroatoms. The van der Waals surface area contributed by atoms with E-state index in [4.69, 9.17) is 4.42 Å². The molecular formula is C11H16N4O2. The third-order valence-electron chi connectivity index (χ3n) is 2.50. The molecule has 0 radical (unpaired) electrons. The van der Waals surface area contributed by atoms with Gasteiger partial charge in [-0.1, -0.05) is 0 Å². The number of carbonyl (C=O) groups excluding carboxylic acids is 1. The monoisotopic (exact) mass is 236 g/mol. The van der Waals surface area contributed by atoms with Gasteiger partial charge in [0.1, 0.15) is 0 Å². The average Bonchev–Trinajstić information content (AvgIpc) is 2.96. The van der Waals surface area contributed by atoms with E-state index in [1.165, 1.54) is 6.26 Å². The van der Waals surface area contributed by atoms with Gasteiger partial charge < -0.3 is 20.0 Å². The first kappa shape index (κ1) is 11.5. The van der Waals surface area contributed by atoms with Crippen molar-refractivity contribution in [3.8, 4) is 0 Å². The molecule has 0 atom stereocenters. The van der Waals surface area contributed by atoms with Crippen LogP contribution >= 0.6 is 0 Å². The Morgan fingerprint density at radius 3 is 3.12 bits per heavy atom. The standard InChI is InChI=1S/C11H16N4O2/c1-15-7-6-14-11(15)13-5-4-12-10(16)9-3-2-8-17-9/h2-3,8H,4-7H2,1H3,(H,12,16)(H,13,14). The Hall–Kier alpha value is -1.98. The molecule has 0 saturated carbocycles. The molecule has 0 bridgehead atoms. The van der Waals surface area contributed by atoms with E-state index in [0.29, 0.717) is 18.8 Å². The third-order valence-corrected chi connectivity index (χ3v) is 2.50.